The van der Waals surface area contributed by atoms with Gasteiger partial charge in [-0.1, -0.05) is 427 Å². The number of aliphatic hydroxyl groups excluding tert-OH is 1. The fourth-order valence-electron chi connectivity index (χ4n) is 14.0. The third-order valence-corrected chi connectivity index (χ3v) is 22.9. The summed E-state index contributed by atoms with van der Waals surface area (Å²) < 4.78 is 68.9. The van der Waals surface area contributed by atoms with Gasteiger partial charge in [0.2, 0.25) is 0 Å². The van der Waals surface area contributed by atoms with Gasteiger partial charge in [-0.3, -0.25) is 37.3 Å². The van der Waals surface area contributed by atoms with E-state index in [4.69, 9.17) is 37.0 Å². The zero-order valence-corrected chi connectivity index (χ0v) is 73.0. The molecular formula is C89H174O17P2. The summed E-state index contributed by atoms with van der Waals surface area (Å²) in [5.74, 6) is -0.620. The van der Waals surface area contributed by atoms with Crippen LogP contribution in [0.3, 0.4) is 0 Å². The number of phosphoric acid groups is 2. The number of ether oxygens (including phenoxy) is 4. The van der Waals surface area contributed by atoms with E-state index in [-0.39, 0.29) is 25.7 Å². The predicted molar refractivity (Wildman–Crippen MR) is 446 cm³/mol. The first-order valence-electron chi connectivity index (χ1n) is 46.0. The maximum absolute atomic E-state index is 13.2. The Bertz CT molecular complexity index is 2060. The normalized spacial score (nSPS) is 13.8. The van der Waals surface area contributed by atoms with E-state index in [2.05, 4.69) is 41.5 Å². The fraction of sp³-hybridized carbons (Fsp3) is 0.955. The number of unbranched alkanes of at least 4 members (excludes halogenated alkanes) is 58. The average Bonchev–Trinajstić information content (AvgIpc) is 0.902. The minimum atomic E-state index is -4.97. The number of aliphatic hydroxyl groups is 1. The molecule has 0 spiro atoms. The molecule has 17 nitrogen and oxygen atoms in total. The van der Waals surface area contributed by atoms with Gasteiger partial charge in [-0.15, -0.1) is 0 Å². The summed E-state index contributed by atoms with van der Waals surface area (Å²) in [6.07, 6.45) is 74.0. The monoisotopic (exact) mass is 1580 g/mol. The molecule has 108 heavy (non-hydrogen) atoms. The van der Waals surface area contributed by atoms with E-state index in [0.717, 1.165) is 102 Å². The van der Waals surface area contributed by atoms with Gasteiger partial charge in [-0.2, -0.15) is 0 Å². The quantitative estimate of drug-likeness (QED) is 0.0222. The molecule has 0 fully saturated rings. The molecule has 3 N–H and O–H groups in total. The highest BCUT2D eigenvalue weighted by Crippen LogP contribution is 2.45. The Hall–Kier alpha value is -1.94. The maximum Gasteiger partial charge on any atom is 0.472 e. The lowest BCUT2D eigenvalue weighted by atomic mass is 10.0. The molecule has 0 bridgehead atoms. The van der Waals surface area contributed by atoms with Gasteiger partial charge in [-0.25, -0.2) is 9.13 Å². The smallest absolute Gasteiger partial charge is 0.462 e. The van der Waals surface area contributed by atoms with E-state index < -0.39 is 97.5 Å². The van der Waals surface area contributed by atoms with Crippen molar-refractivity contribution in [1.29, 1.82) is 0 Å². The first kappa shape index (κ1) is 106. The Kier molecular flexibility index (Phi) is 78.8. The molecule has 0 aromatic carbocycles. The van der Waals surface area contributed by atoms with Crippen molar-refractivity contribution in [1.82, 2.24) is 0 Å². The molecular weight excluding hydrogens is 1400 g/mol. The molecule has 5 atom stereocenters. The number of esters is 4. The van der Waals surface area contributed by atoms with E-state index in [9.17, 15) is 43.2 Å². The van der Waals surface area contributed by atoms with Gasteiger partial charge in [-0.05, 0) is 37.5 Å². The number of carbonyl (C=O) groups excluding carboxylic acids is 4. The van der Waals surface area contributed by atoms with Gasteiger partial charge in [0.25, 0.3) is 0 Å². The van der Waals surface area contributed by atoms with Gasteiger partial charge >= 0.3 is 39.5 Å². The highest BCUT2D eigenvalue weighted by Gasteiger charge is 2.31. The molecule has 0 aliphatic heterocycles. The van der Waals surface area contributed by atoms with Gasteiger partial charge in [0.1, 0.15) is 19.3 Å². The number of hydrogen-bond acceptors (Lipinski definition) is 15. The standard InChI is InChI=1S/C89H174O17P2/c1-7-9-11-13-15-17-19-21-23-25-27-28-29-31-33-37-41-45-49-53-61-67-73-88(93)105-84(77-99-86(91)71-65-59-52-48-44-40-36-32-30-26-24-22-20-18-16-14-12-10-8-2)79-103-107(95,96)101-75-83(90)76-102-108(97,98)104-80-85(78-100-87(92)72-66-60-56-55-58-64-70-82(5)6)106-89(94)74-68-62-54-50-46-42-38-34-35-39-43-47-51-57-63-69-81(3)4/h81-85,90H,7-80H2,1-6H3,(H,95,96)(H,97,98)/t83-,84-,85-/m1/s1. The van der Waals surface area contributed by atoms with Crippen molar-refractivity contribution in [3.63, 3.8) is 0 Å². The molecule has 0 saturated heterocycles. The van der Waals surface area contributed by atoms with E-state index in [1.54, 1.807) is 0 Å². The van der Waals surface area contributed by atoms with E-state index in [1.807, 2.05) is 0 Å². The van der Waals surface area contributed by atoms with Crippen molar-refractivity contribution in [2.75, 3.05) is 39.6 Å². The van der Waals surface area contributed by atoms with Crippen LogP contribution in [-0.2, 0) is 65.4 Å². The lowest BCUT2D eigenvalue weighted by Crippen LogP contribution is -2.30. The number of carbonyl (C=O) groups is 4. The van der Waals surface area contributed by atoms with Crippen molar-refractivity contribution in [2.45, 2.75) is 496 Å². The third kappa shape index (κ3) is 82.1. The molecule has 0 aliphatic rings. The van der Waals surface area contributed by atoms with Crippen LogP contribution in [0.5, 0.6) is 0 Å². The summed E-state index contributed by atoms with van der Waals surface area (Å²) in [5, 5.41) is 10.7. The van der Waals surface area contributed by atoms with Crippen LogP contribution >= 0.6 is 15.6 Å². The molecule has 0 rings (SSSR count). The van der Waals surface area contributed by atoms with Crippen LogP contribution in [-0.4, -0.2) is 96.7 Å². The zero-order valence-electron chi connectivity index (χ0n) is 71.2. The van der Waals surface area contributed by atoms with Crippen molar-refractivity contribution >= 4 is 39.5 Å². The molecule has 0 aliphatic carbocycles. The Morgan fingerprint density at radius 2 is 0.426 bits per heavy atom. The van der Waals surface area contributed by atoms with Crippen LogP contribution in [0.4, 0.5) is 0 Å². The van der Waals surface area contributed by atoms with Crippen LogP contribution in [0.2, 0.25) is 0 Å². The lowest BCUT2D eigenvalue weighted by molar-refractivity contribution is -0.161. The molecule has 0 radical (unpaired) electrons. The minimum absolute atomic E-state index is 0.107. The second-order valence-electron chi connectivity index (χ2n) is 32.9. The molecule has 642 valence electrons. The summed E-state index contributed by atoms with van der Waals surface area (Å²) in [6.45, 7) is 9.63. The summed E-state index contributed by atoms with van der Waals surface area (Å²) in [4.78, 5) is 73.3. The van der Waals surface area contributed by atoms with E-state index in [0.29, 0.717) is 31.6 Å². The fourth-order valence-corrected chi connectivity index (χ4v) is 15.5. The molecule has 0 heterocycles. The van der Waals surface area contributed by atoms with Crippen molar-refractivity contribution in [2.24, 2.45) is 11.8 Å². The lowest BCUT2D eigenvalue weighted by Gasteiger charge is -2.21. The number of rotatable bonds is 88. The largest absolute Gasteiger partial charge is 0.472 e. The topological polar surface area (TPSA) is 237 Å². The summed E-state index contributed by atoms with van der Waals surface area (Å²) in [5.41, 5.74) is 0. The average molecular weight is 1580 g/mol. The highest BCUT2D eigenvalue weighted by atomic mass is 31.2. The summed E-state index contributed by atoms with van der Waals surface area (Å²) in [6, 6.07) is 0. The molecule has 19 heteroatoms. The zero-order chi connectivity index (χ0) is 79.2. The van der Waals surface area contributed by atoms with Crippen molar-refractivity contribution < 1.29 is 80.2 Å². The molecule has 0 aromatic heterocycles. The highest BCUT2D eigenvalue weighted by molar-refractivity contribution is 7.47. The first-order valence-corrected chi connectivity index (χ1v) is 49.0. The Balaban J connectivity index is 5.20. The van der Waals surface area contributed by atoms with Crippen LogP contribution in [0.1, 0.15) is 478 Å². The van der Waals surface area contributed by atoms with Gasteiger partial charge in [0.15, 0.2) is 12.2 Å². The number of hydrogen-bond donors (Lipinski definition) is 3. The summed E-state index contributed by atoms with van der Waals surface area (Å²) >= 11 is 0. The van der Waals surface area contributed by atoms with Crippen LogP contribution < -0.4 is 0 Å². The number of phosphoric ester groups is 2. The second kappa shape index (κ2) is 80.3. The SMILES string of the molecule is CCCCCCCCCCCCCCCCCCCCCCCCC(=O)O[C@H](COC(=O)CCCCCCCCCCCCCCCCCCCCC)COP(=O)(O)OC[C@@H](O)COP(=O)(O)OC[C@@H](COC(=O)CCCCCCCCC(C)C)OC(=O)CCCCCCCCCCCCCCCCCC(C)C. The van der Waals surface area contributed by atoms with E-state index in [1.165, 1.54) is 289 Å². The van der Waals surface area contributed by atoms with E-state index >= 15 is 0 Å². The summed E-state index contributed by atoms with van der Waals surface area (Å²) in [7, 11) is -9.93. The predicted octanol–water partition coefficient (Wildman–Crippen LogP) is 27.4. The Morgan fingerprint density at radius 3 is 0.630 bits per heavy atom. The first-order chi connectivity index (χ1) is 52.4. The molecule has 0 amide bonds. The molecule has 2 unspecified atom stereocenters. The van der Waals surface area contributed by atoms with Crippen molar-refractivity contribution in [3.8, 4) is 0 Å². The maximum atomic E-state index is 13.2. The molecule has 0 aromatic rings. The van der Waals surface area contributed by atoms with Crippen LogP contribution in [0, 0.1) is 11.8 Å². The Labute approximate surface area is 664 Å². The second-order valence-corrected chi connectivity index (χ2v) is 35.8. The van der Waals surface area contributed by atoms with Crippen molar-refractivity contribution in [3.05, 3.63) is 0 Å². The van der Waals surface area contributed by atoms with Crippen LogP contribution in [0.25, 0.3) is 0 Å². The third-order valence-electron chi connectivity index (χ3n) is 21.0. The molecule has 0 saturated carbocycles. The Morgan fingerprint density at radius 1 is 0.250 bits per heavy atom. The van der Waals surface area contributed by atoms with Gasteiger partial charge < -0.3 is 33.8 Å². The van der Waals surface area contributed by atoms with Gasteiger partial charge in [0.05, 0.1) is 26.4 Å². The van der Waals surface area contributed by atoms with Crippen LogP contribution in [0.15, 0.2) is 0 Å². The minimum Gasteiger partial charge on any atom is -0.462 e. The van der Waals surface area contributed by atoms with Gasteiger partial charge in [0, 0.05) is 25.7 Å².